The van der Waals surface area contributed by atoms with E-state index in [9.17, 15) is 4.79 Å². The highest BCUT2D eigenvalue weighted by molar-refractivity contribution is 5.76. The summed E-state index contributed by atoms with van der Waals surface area (Å²) in [4.78, 5) is 35.9. The number of ether oxygens (including phenoxy) is 1. The lowest BCUT2D eigenvalue weighted by atomic mass is 9.76. The van der Waals surface area contributed by atoms with Crippen LogP contribution in [0.3, 0.4) is 0 Å². The van der Waals surface area contributed by atoms with Crippen molar-refractivity contribution < 1.29 is 9.53 Å². The van der Waals surface area contributed by atoms with Crippen LogP contribution in [0.4, 0.5) is 0 Å². The molecule has 1 aliphatic carbocycles. The van der Waals surface area contributed by atoms with Gasteiger partial charge in [0.05, 0.1) is 19.7 Å². The number of aromatic nitrogens is 4. The number of hydrogen-bond donors (Lipinski definition) is 2. The van der Waals surface area contributed by atoms with E-state index >= 15 is 0 Å². The first-order valence-electron chi connectivity index (χ1n) is 16.0. The van der Waals surface area contributed by atoms with Gasteiger partial charge in [-0.15, -0.1) is 0 Å². The third kappa shape index (κ3) is 7.13. The van der Waals surface area contributed by atoms with Crippen molar-refractivity contribution in [2.45, 2.75) is 96.6 Å². The number of rotatable bonds is 11. The van der Waals surface area contributed by atoms with E-state index in [1.54, 1.807) is 12.4 Å². The maximum atomic E-state index is 13.1. The lowest BCUT2D eigenvalue weighted by Crippen LogP contribution is -2.46. The summed E-state index contributed by atoms with van der Waals surface area (Å²) in [5, 5.41) is 0. The SMILES string of the molecule is CCOC(=O)[C@H]1CC2(CCN(C3CCCCC3)CC2)CN1Cc1ccc(CN(Cc2ncc[nH]2)Cc2ncc[nH]2)cc1. The van der Waals surface area contributed by atoms with Crippen molar-refractivity contribution >= 4 is 5.97 Å². The monoisotopic (exact) mass is 573 g/mol. The Morgan fingerprint density at radius 1 is 0.952 bits per heavy atom. The normalized spacial score (nSPS) is 21.8. The lowest BCUT2D eigenvalue weighted by Gasteiger charge is -2.43. The summed E-state index contributed by atoms with van der Waals surface area (Å²) in [6.45, 7) is 8.68. The molecule has 1 spiro atoms. The molecule has 0 unspecified atom stereocenters. The van der Waals surface area contributed by atoms with Crippen LogP contribution in [0.2, 0.25) is 0 Å². The van der Waals surface area contributed by atoms with Crippen molar-refractivity contribution in [3.8, 4) is 0 Å². The Balaban J connectivity index is 1.09. The van der Waals surface area contributed by atoms with E-state index in [-0.39, 0.29) is 17.4 Å². The fourth-order valence-electron chi connectivity index (χ4n) is 7.56. The van der Waals surface area contributed by atoms with Gasteiger partial charge in [0.2, 0.25) is 0 Å². The summed E-state index contributed by atoms with van der Waals surface area (Å²) in [5.74, 6) is 1.83. The standard InChI is InChI=1S/C33H47N7O2/c1-2-42-32(41)29-20-33(12-18-39(19-13-33)28-6-4-3-5-7-28)25-40(29)22-27-10-8-26(9-11-27)21-38(23-30-34-14-15-35-30)24-31-36-16-17-37-31/h8-11,14-17,28-29H,2-7,12-13,18-25H2,1H3,(H,34,35)(H,36,37)/t29-/m1/s1. The average molecular weight is 574 g/mol. The molecule has 4 heterocycles. The van der Waals surface area contributed by atoms with Crippen molar-refractivity contribution in [2.24, 2.45) is 5.41 Å². The molecule has 42 heavy (non-hydrogen) atoms. The molecule has 3 aromatic rings. The van der Waals surface area contributed by atoms with Crippen LogP contribution in [0.15, 0.2) is 49.1 Å². The smallest absolute Gasteiger partial charge is 0.323 e. The van der Waals surface area contributed by atoms with Gasteiger partial charge in [-0.1, -0.05) is 43.5 Å². The van der Waals surface area contributed by atoms with Crippen LogP contribution in [0.1, 0.15) is 81.1 Å². The van der Waals surface area contributed by atoms with Crippen LogP contribution < -0.4 is 0 Å². The highest BCUT2D eigenvalue weighted by Gasteiger charge is 2.48. The van der Waals surface area contributed by atoms with E-state index in [0.717, 1.165) is 43.7 Å². The maximum Gasteiger partial charge on any atom is 0.323 e. The number of carbonyl (C=O) groups excluding carboxylic acids is 1. The molecule has 3 aliphatic rings. The van der Waals surface area contributed by atoms with Gasteiger partial charge in [0.25, 0.3) is 0 Å². The second-order valence-electron chi connectivity index (χ2n) is 12.7. The zero-order chi connectivity index (χ0) is 28.8. The summed E-state index contributed by atoms with van der Waals surface area (Å²) < 4.78 is 5.58. The molecule has 0 bridgehead atoms. The van der Waals surface area contributed by atoms with Gasteiger partial charge in [-0.25, -0.2) is 9.97 Å². The number of esters is 1. The molecule has 2 aromatic heterocycles. The number of imidazole rings is 2. The molecule has 0 radical (unpaired) electrons. The Morgan fingerprint density at radius 3 is 2.19 bits per heavy atom. The third-order valence-electron chi connectivity index (χ3n) is 9.79. The first kappa shape index (κ1) is 29.1. The minimum absolute atomic E-state index is 0.0489. The van der Waals surface area contributed by atoms with Crippen LogP contribution in [-0.4, -0.2) is 78.9 Å². The van der Waals surface area contributed by atoms with Crippen LogP contribution in [0.25, 0.3) is 0 Å². The number of likely N-dealkylation sites (tertiary alicyclic amines) is 2. The molecule has 9 heteroatoms. The molecule has 1 saturated carbocycles. The molecular formula is C33H47N7O2. The van der Waals surface area contributed by atoms with Gasteiger partial charge < -0.3 is 19.6 Å². The van der Waals surface area contributed by atoms with Gasteiger partial charge in [-0.3, -0.25) is 14.6 Å². The highest BCUT2D eigenvalue weighted by Crippen LogP contribution is 2.45. The van der Waals surface area contributed by atoms with Crippen molar-refractivity contribution in [1.82, 2.24) is 34.6 Å². The van der Waals surface area contributed by atoms with E-state index in [1.165, 1.54) is 69.2 Å². The fourth-order valence-corrected chi connectivity index (χ4v) is 7.56. The first-order chi connectivity index (χ1) is 20.6. The Labute approximate surface area is 250 Å². The Morgan fingerprint density at radius 2 is 1.60 bits per heavy atom. The summed E-state index contributed by atoms with van der Waals surface area (Å²) >= 11 is 0. The van der Waals surface area contributed by atoms with Gasteiger partial charge in [0.1, 0.15) is 17.7 Å². The Bertz CT molecular complexity index is 1190. The predicted molar refractivity (Wildman–Crippen MR) is 162 cm³/mol. The van der Waals surface area contributed by atoms with Crippen LogP contribution >= 0.6 is 0 Å². The van der Waals surface area contributed by atoms with Crippen LogP contribution in [-0.2, 0) is 35.7 Å². The minimum atomic E-state index is -0.150. The molecule has 3 fully saturated rings. The van der Waals surface area contributed by atoms with E-state index < -0.39 is 0 Å². The van der Waals surface area contributed by atoms with Gasteiger partial charge in [0.15, 0.2) is 0 Å². The summed E-state index contributed by atoms with van der Waals surface area (Å²) in [5.41, 5.74) is 2.71. The number of hydrogen-bond acceptors (Lipinski definition) is 7. The molecule has 2 N–H and O–H groups in total. The Hall–Kier alpha value is -3.01. The summed E-state index contributed by atoms with van der Waals surface area (Å²) in [6.07, 6.45) is 17.5. The predicted octanol–water partition coefficient (Wildman–Crippen LogP) is 4.89. The van der Waals surface area contributed by atoms with E-state index in [1.807, 2.05) is 19.3 Å². The van der Waals surface area contributed by atoms with Crippen LogP contribution in [0.5, 0.6) is 0 Å². The van der Waals surface area contributed by atoms with Gasteiger partial charge in [-0.2, -0.15) is 0 Å². The van der Waals surface area contributed by atoms with E-state index in [0.29, 0.717) is 19.7 Å². The molecule has 226 valence electrons. The number of aromatic amines is 2. The number of carbonyl (C=O) groups is 1. The second kappa shape index (κ2) is 13.5. The molecule has 6 rings (SSSR count). The zero-order valence-electron chi connectivity index (χ0n) is 25.1. The summed E-state index contributed by atoms with van der Waals surface area (Å²) in [7, 11) is 0. The minimum Gasteiger partial charge on any atom is -0.465 e. The van der Waals surface area contributed by atoms with Crippen molar-refractivity contribution in [3.05, 3.63) is 71.8 Å². The molecule has 1 atom stereocenters. The molecule has 1 aromatic carbocycles. The maximum absolute atomic E-state index is 13.1. The summed E-state index contributed by atoms with van der Waals surface area (Å²) in [6, 6.07) is 9.53. The zero-order valence-corrected chi connectivity index (χ0v) is 25.1. The van der Waals surface area contributed by atoms with Gasteiger partial charge >= 0.3 is 5.97 Å². The largest absolute Gasteiger partial charge is 0.465 e. The lowest BCUT2D eigenvalue weighted by molar-refractivity contribution is -0.148. The quantitative estimate of drug-likeness (QED) is 0.316. The highest BCUT2D eigenvalue weighted by atomic mass is 16.5. The second-order valence-corrected chi connectivity index (χ2v) is 12.7. The van der Waals surface area contributed by atoms with Gasteiger partial charge in [-0.05, 0) is 68.7 Å². The van der Waals surface area contributed by atoms with Crippen molar-refractivity contribution in [2.75, 3.05) is 26.2 Å². The van der Waals surface area contributed by atoms with Crippen molar-refractivity contribution in [1.29, 1.82) is 0 Å². The van der Waals surface area contributed by atoms with E-state index in [4.69, 9.17) is 4.74 Å². The Kier molecular flexibility index (Phi) is 9.37. The number of piperidine rings is 1. The molecule has 9 nitrogen and oxygen atoms in total. The van der Waals surface area contributed by atoms with Crippen LogP contribution in [0, 0.1) is 5.41 Å². The molecule has 0 amide bonds. The first-order valence-corrected chi connectivity index (χ1v) is 16.0. The average Bonchev–Trinajstić information content (AvgIpc) is 3.78. The fraction of sp³-hybridized carbons (Fsp3) is 0.606. The molecular weight excluding hydrogens is 526 g/mol. The number of nitrogens with one attached hydrogen (secondary N) is 2. The number of nitrogens with zero attached hydrogens (tertiary/aromatic N) is 5. The van der Waals surface area contributed by atoms with E-state index in [2.05, 4.69) is 58.9 Å². The number of H-pyrrole nitrogens is 2. The van der Waals surface area contributed by atoms with Gasteiger partial charge in [0, 0.05) is 50.5 Å². The van der Waals surface area contributed by atoms with Crippen molar-refractivity contribution in [3.63, 3.8) is 0 Å². The third-order valence-corrected chi connectivity index (χ3v) is 9.79. The molecule has 2 saturated heterocycles. The molecule has 2 aliphatic heterocycles. The number of benzene rings is 1. The topological polar surface area (TPSA) is 93.4 Å².